The molecule has 2 rings (SSSR count). The summed E-state index contributed by atoms with van der Waals surface area (Å²) in [4.78, 5) is 13.4. The lowest BCUT2D eigenvalue weighted by Gasteiger charge is -2.32. The summed E-state index contributed by atoms with van der Waals surface area (Å²) in [6.07, 6.45) is 7.09. The van der Waals surface area contributed by atoms with E-state index in [1.54, 1.807) is 0 Å². The third-order valence-corrected chi connectivity index (χ3v) is 4.32. The first-order chi connectivity index (χ1) is 7.24. The highest BCUT2D eigenvalue weighted by Crippen LogP contribution is 2.36. The van der Waals surface area contributed by atoms with E-state index in [-0.39, 0.29) is 0 Å². The van der Waals surface area contributed by atoms with Gasteiger partial charge in [0, 0.05) is 19.5 Å². The van der Waals surface area contributed by atoms with Gasteiger partial charge in [-0.25, -0.2) is 0 Å². The molecule has 1 heterocycles. The minimum Gasteiger partial charge on any atom is -0.342 e. The molecule has 15 heavy (non-hydrogen) atoms. The summed E-state index contributed by atoms with van der Waals surface area (Å²) in [5, 5.41) is 0. The molecule has 1 aliphatic carbocycles. The van der Waals surface area contributed by atoms with E-state index >= 15 is 0 Å². The van der Waals surface area contributed by atoms with Gasteiger partial charge in [-0.05, 0) is 24.8 Å². The summed E-state index contributed by atoms with van der Waals surface area (Å²) >= 11 is 0. The van der Waals surface area contributed by atoms with Crippen molar-refractivity contribution in [3.8, 4) is 0 Å². The number of rotatable bonds is 3. The van der Waals surface area contributed by atoms with E-state index in [1.165, 1.54) is 25.7 Å². The van der Waals surface area contributed by atoms with Crippen LogP contribution in [0, 0.1) is 11.8 Å². The van der Waals surface area contributed by atoms with Crippen LogP contribution in [0.1, 0.15) is 38.5 Å². The molecule has 86 valence electrons. The zero-order valence-electron chi connectivity index (χ0n) is 9.61. The lowest BCUT2D eigenvalue weighted by atomic mass is 9.84. The average molecular weight is 210 g/mol. The first-order valence-electron chi connectivity index (χ1n) is 6.19. The molecule has 2 atom stereocenters. The van der Waals surface area contributed by atoms with Crippen LogP contribution < -0.4 is 5.73 Å². The molecule has 3 heteroatoms. The maximum absolute atomic E-state index is 11.5. The molecule has 0 radical (unpaired) electrons. The Morgan fingerprint density at radius 3 is 2.53 bits per heavy atom. The van der Waals surface area contributed by atoms with Crippen LogP contribution in [-0.4, -0.2) is 30.4 Å². The minimum atomic E-state index is 0.302. The first-order valence-corrected chi connectivity index (χ1v) is 6.19. The van der Waals surface area contributed by atoms with Gasteiger partial charge >= 0.3 is 0 Å². The van der Waals surface area contributed by atoms with Crippen molar-refractivity contribution in [1.29, 1.82) is 0 Å². The highest BCUT2D eigenvalue weighted by atomic mass is 16.2. The van der Waals surface area contributed by atoms with E-state index in [4.69, 9.17) is 5.73 Å². The van der Waals surface area contributed by atoms with E-state index in [0.717, 1.165) is 25.3 Å². The number of amides is 1. The van der Waals surface area contributed by atoms with Gasteiger partial charge in [-0.3, -0.25) is 4.79 Å². The van der Waals surface area contributed by atoms with Crippen molar-refractivity contribution in [3.05, 3.63) is 0 Å². The highest BCUT2D eigenvalue weighted by Gasteiger charge is 2.37. The van der Waals surface area contributed by atoms with E-state index in [2.05, 4.69) is 0 Å². The van der Waals surface area contributed by atoms with Crippen molar-refractivity contribution < 1.29 is 4.79 Å². The predicted molar refractivity (Wildman–Crippen MR) is 60.3 cm³/mol. The number of hydrogen-bond acceptors (Lipinski definition) is 2. The van der Waals surface area contributed by atoms with Crippen molar-refractivity contribution >= 4 is 5.91 Å². The van der Waals surface area contributed by atoms with Gasteiger partial charge in [0.15, 0.2) is 0 Å². The van der Waals surface area contributed by atoms with Crippen molar-refractivity contribution in [2.45, 2.75) is 44.6 Å². The van der Waals surface area contributed by atoms with Crippen LogP contribution in [-0.2, 0) is 4.79 Å². The number of nitrogens with two attached hydrogens (primary N) is 1. The summed E-state index contributed by atoms with van der Waals surface area (Å²) in [5.41, 5.74) is 5.90. The standard InChI is InChI=1S/C12H22N2O/c1-14-11(6-7-12(14)15)10(8-13)9-4-2-3-5-9/h9-11H,2-8,13H2,1H3. The maximum atomic E-state index is 11.5. The molecule has 0 aromatic heterocycles. The second-order valence-electron chi connectivity index (χ2n) is 5.05. The lowest BCUT2D eigenvalue weighted by molar-refractivity contribution is -0.128. The molecule has 1 aliphatic heterocycles. The van der Waals surface area contributed by atoms with Crippen molar-refractivity contribution in [1.82, 2.24) is 4.90 Å². The smallest absolute Gasteiger partial charge is 0.222 e. The fraction of sp³-hybridized carbons (Fsp3) is 0.917. The summed E-state index contributed by atoms with van der Waals surface area (Å²) in [7, 11) is 1.94. The lowest BCUT2D eigenvalue weighted by Crippen LogP contribution is -2.41. The molecule has 0 aromatic rings. The Labute approximate surface area is 92.0 Å². The van der Waals surface area contributed by atoms with Gasteiger partial charge in [-0.15, -0.1) is 0 Å². The highest BCUT2D eigenvalue weighted by molar-refractivity contribution is 5.78. The SMILES string of the molecule is CN1C(=O)CCC1C(CN)C1CCCC1. The Morgan fingerprint density at radius 2 is 2.07 bits per heavy atom. The Morgan fingerprint density at radius 1 is 1.40 bits per heavy atom. The number of hydrogen-bond donors (Lipinski definition) is 1. The van der Waals surface area contributed by atoms with Gasteiger partial charge in [-0.2, -0.15) is 0 Å². The molecule has 2 unspecified atom stereocenters. The summed E-state index contributed by atoms with van der Waals surface area (Å²) in [6, 6.07) is 0.422. The van der Waals surface area contributed by atoms with E-state index < -0.39 is 0 Å². The van der Waals surface area contributed by atoms with Crippen LogP contribution in [0.3, 0.4) is 0 Å². The fourth-order valence-corrected chi connectivity index (χ4v) is 3.38. The Hall–Kier alpha value is -0.570. The van der Waals surface area contributed by atoms with Crippen molar-refractivity contribution in [2.24, 2.45) is 17.6 Å². The third-order valence-electron chi connectivity index (χ3n) is 4.32. The first kappa shape index (κ1) is 10.9. The van der Waals surface area contributed by atoms with Crippen LogP contribution in [0.4, 0.5) is 0 Å². The average Bonchev–Trinajstić information content (AvgIpc) is 2.84. The summed E-state index contributed by atoms with van der Waals surface area (Å²) in [5.74, 6) is 1.62. The van der Waals surface area contributed by atoms with Crippen LogP contribution in [0.25, 0.3) is 0 Å². The van der Waals surface area contributed by atoms with Crippen LogP contribution >= 0.6 is 0 Å². The van der Waals surface area contributed by atoms with Crippen molar-refractivity contribution in [2.75, 3.05) is 13.6 Å². The fourth-order valence-electron chi connectivity index (χ4n) is 3.38. The molecule has 2 aliphatic rings. The molecule has 1 saturated heterocycles. The van der Waals surface area contributed by atoms with Gasteiger partial charge in [0.1, 0.15) is 0 Å². The van der Waals surface area contributed by atoms with Crippen LogP contribution in [0.2, 0.25) is 0 Å². The van der Waals surface area contributed by atoms with Gasteiger partial charge in [0.05, 0.1) is 0 Å². The van der Waals surface area contributed by atoms with Gasteiger partial charge in [0.25, 0.3) is 0 Å². The quantitative estimate of drug-likeness (QED) is 0.764. The second kappa shape index (κ2) is 4.52. The monoisotopic (exact) mass is 210 g/mol. The van der Waals surface area contributed by atoms with Gasteiger partial charge in [-0.1, -0.05) is 25.7 Å². The zero-order chi connectivity index (χ0) is 10.8. The Kier molecular flexibility index (Phi) is 3.29. The Bertz CT molecular complexity index is 236. The largest absolute Gasteiger partial charge is 0.342 e. The normalized spacial score (nSPS) is 30.1. The van der Waals surface area contributed by atoms with E-state index in [0.29, 0.717) is 17.9 Å². The minimum absolute atomic E-state index is 0.302. The molecule has 0 aromatic carbocycles. The summed E-state index contributed by atoms with van der Waals surface area (Å²) in [6.45, 7) is 0.743. The second-order valence-corrected chi connectivity index (χ2v) is 5.05. The number of carbonyl (C=O) groups excluding carboxylic acids is 1. The van der Waals surface area contributed by atoms with Crippen molar-refractivity contribution in [3.63, 3.8) is 0 Å². The molecule has 1 saturated carbocycles. The van der Waals surface area contributed by atoms with Gasteiger partial charge in [0.2, 0.25) is 5.91 Å². The molecular formula is C12H22N2O. The Balaban J connectivity index is 2.02. The molecular weight excluding hydrogens is 188 g/mol. The molecule has 3 nitrogen and oxygen atoms in total. The molecule has 1 amide bonds. The zero-order valence-corrected chi connectivity index (χ0v) is 9.61. The molecule has 0 bridgehead atoms. The predicted octanol–water partition coefficient (Wildman–Crippen LogP) is 1.37. The topological polar surface area (TPSA) is 46.3 Å². The number of nitrogens with zero attached hydrogens (tertiary/aromatic N) is 1. The van der Waals surface area contributed by atoms with Crippen LogP contribution in [0.15, 0.2) is 0 Å². The number of likely N-dealkylation sites (tertiary alicyclic amines) is 1. The molecule has 0 spiro atoms. The van der Waals surface area contributed by atoms with E-state index in [1.807, 2.05) is 11.9 Å². The number of carbonyl (C=O) groups is 1. The summed E-state index contributed by atoms with van der Waals surface area (Å²) < 4.78 is 0. The van der Waals surface area contributed by atoms with E-state index in [9.17, 15) is 4.79 Å². The maximum Gasteiger partial charge on any atom is 0.222 e. The molecule has 2 N–H and O–H groups in total. The third kappa shape index (κ3) is 2.03. The molecule has 2 fully saturated rings. The van der Waals surface area contributed by atoms with Crippen LogP contribution in [0.5, 0.6) is 0 Å². The van der Waals surface area contributed by atoms with Gasteiger partial charge < -0.3 is 10.6 Å².